The Bertz CT molecular complexity index is 720. The predicted molar refractivity (Wildman–Crippen MR) is 81.7 cm³/mol. The monoisotopic (exact) mass is 311 g/mol. The molecule has 0 saturated heterocycles. The van der Waals surface area contributed by atoms with Crippen LogP contribution in [0.4, 0.5) is 5.69 Å². The van der Waals surface area contributed by atoms with E-state index in [4.69, 9.17) is 5.11 Å². The molecule has 0 atom stereocenters. The second-order valence-electron chi connectivity index (χ2n) is 4.67. The van der Waals surface area contributed by atoms with Gasteiger partial charge in [-0.2, -0.15) is 0 Å². The lowest BCUT2D eigenvalue weighted by Gasteiger charge is -2.21. The Balaban J connectivity index is 2.43. The summed E-state index contributed by atoms with van der Waals surface area (Å²) >= 11 is 1.24. The van der Waals surface area contributed by atoms with E-state index in [9.17, 15) is 8.42 Å². The van der Waals surface area contributed by atoms with Crippen molar-refractivity contribution in [3.63, 3.8) is 0 Å². The molecule has 20 heavy (non-hydrogen) atoms. The third-order valence-electron chi connectivity index (χ3n) is 3.14. The van der Waals surface area contributed by atoms with Crippen molar-refractivity contribution in [3.05, 3.63) is 45.6 Å². The highest BCUT2D eigenvalue weighted by molar-refractivity contribution is 7.93. The van der Waals surface area contributed by atoms with Crippen molar-refractivity contribution >= 4 is 27.0 Å². The Morgan fingerprint density at radius 1 is 1.25 bits per heavy atom. The zero-order valence-electron chi connectivity index (χ0n) is 11.6. The van der Waals surface area contributed by atoms with E-state index >= 15 is 0 Å². The molecule has 0 saturated carbocycles. The van der Waals surface area contributed by atoms with Gasteiger partial charge in [-0.15, -0.1) is 11.3 Å². The molecule has 1 N–H and O–H groups in total. The van der Waals surface area contributed by atoms with Gasteiger partial charge in [-0.25, -0.2) is 8.42 Å². The summed E-state index contributed by atoms with van der Waals surface area (Å²) in [6, 6.07) is 7.16. The minimum atomic E-state index is -3.58. The first-order chi connectivity index (χ1) is 9.36. The van der Waals surface area contributed by atoms with Gasteiger partial charge in [0.25, 0.3) is 10.0 Å². The standard InChI is InChI=1S/C14H17NO3S2/c1-10-4-5-14(11(2)6-10)15(3)20(17,18)13-7-12(8-16)19-9-13/h4-7,9,16H,8H2,1-3H3. The van der Waals surface area contributed by atoms with Gasteiger partial charge in [0.05, 0.1) is 17.2 Å². The summed E-state index contributed by atoms with van der Waals surface area (Å²) in [4.78, 5) is 0.853. The number of nitrogens with zero attached hydrogens (tertiary/aromatic N) is 1. The molecule has 0 radical (unpaired) electrons. The molecular formula is C14H17NO3S2. The van der Waals surface area contributed by atoms with Gasteiger partial charge in [0.15, 0.2) is 0 Å². The molecule has 0 fully saturated rings. The SMILES string of the molecule is Cc1ccc(N(C)S(=O)(=O)c2csc(CO)c2)c(C)c1. The first-order valence-corrected chi connectivity index (χ1v) is 8.42. The van der Waals surface area contributed by atoms with E-state index in [1.807, 2.05) is 32.0 Å². The van der Waals surface area contributed by atoms with Gasteiger partial charge < -0.3 is 5.11 Å². The number of aliphatic hydroxyl groups excluding tert-OH is 1. The number of aliphatic hydroxyl groups is 1. The number of anilines is 1. The molecule has 1 aromatic carbocycles. The van der Waals surface area contributed by atoms with Crippen LogP contribution < -0.4 is 4.31 Å². The topological polar surface area (TPSA) is 57.6 Å². The Morgan fingerprint density at radius 3 is 2.50 bits per heavy atom. The van der Waals surface area contributed by atoms with E-state index in [1.54, 1.807) is 12.4 Å². The van der Waals surface area contributed by atoms with E-state index in [1.165, 1.54) is 21.7 Å². The van der Waals surface area contributed by atoms with E-state index < -0.39 is 10.0 Å². The maximum absolute atomic E-state index is 12.5. The van der Waals surface area contributed by atoms with E-state index in [0.717, 1.165) is 11.1 Å². The molecule has 6 heteroatoms. The lowest BCUT2D eigenvalue weighted by Crippen LogP contribution is -2.26. The fourth-order valence-corrected chi connectivity index (χ4v) is 4.41. The number of rotatable bonds is 4. The van der Waals surface area contributed by atoms with Gasteiger partial charge in [0, 0.05) is 17.3 Å². The Hall–Kier alpha value is -1.37. The van der Waals surface area contributed by atoms with Crippen molar-refractivity contribution in [2.24, 2.45) is 0 Å². The van der Waals surface area contributed by atoms with Gasteiger partial charge in [-0.1, -0.05) is 17.7 Å². The summed E-state index contributed by atoms with van der Waals surface area (Å²) in [7, 11) is -2.04. The Kier molecular flexibility index (Phi) is 4.17. The summed E-state index contributed by atoms with van der Waals surface area (Å²) < 4.78 is 26.4. The van der Waals surface area contributed by atoms with Crippen LogP contribution in [0.3, 0.4) is 0 Å². The first-order valence-electron chi connectivity index (χ1n) is 6.10. The fourth-order valence-electron chi connectivity index (χ4n) is 2.02. The number of benzene rings is 1. The van der Waals surface area contributed by atoms with Crippen LogP contribution in [0.5, 0.6) is 0 Å². The number of aryl methyl sites for hydroxylation is 2. The van der Waals surface area contributed by atoms with Crippen molar-refractivity contribution in [1.29, 1.82) is 0 Å². The van der Waals surface area contributed by atoms with Crippen molar-refractivity contribution in [3.8, 4) is 0 Å². The largest absolute Gasteiger partial charge is 0.391 e. The molecule has 108 valence electrons. The fraction of sp³-hybridized carbons (Fsp3) is 0.286. The van der Waals surface area contributed by atoms with Gasteiger partial charge in [-0.3, -0.25) is 4.31 Å². The van der Waals surface area contributed by atoms with Gasteiger partial charge in [-0.05, 0) is 31.5 Å². The Labute approximate surface area is 123 Å². The van der Waals surface area contributed by atoms with Crippen molar-refractivity contribution < 1.29 is 13.5 Å². The summed E-state index contributed by atoms with van der Waals surface area (Å²) in [5.41, 5.74) is 2.66. The van der Waals surface area contributed by atoms with Crippen molar-refractivity contribution in [2.75, 3.05) is 11.4 Å². The van der Waals surface area contributed by atoms with Crippen LogP contribution in [-0.2, 0) is 16.6 Å². The molecule has 4 nitrogen and oxygen atoms in total. The van der Waals surface area contributed by atoms with Crippen molar-refractivity contribution in [1.82, 2.24) is 0 Å². The molecule has 0 bridgehead atoms. The summed E-state index contributed by atoms with van der Waals surface area (Å²) in [5, 5.41) is 10.6. The maximum Gasteiger partial charge on any atom is 0.264 e. The summed E-state index contributed by atoms with van der Waals surface area (Å²) in [6.07, 6.45) is 0. The van der Waals surface area contributed by atoms with Crippen LogP contribution in [0.2, 0.25) is 0 Å². The van der Waals surface area contributed by atoms with Crippen molar-refractivity contribution in [2.45, 2.75) is 25.3 Å². The lowest BCUT2D eigenvalue weighted by atomic mass is 10.1. The molecule has 1 aromatic heterocycles. The van der Waals surface area contributed by atoms with Crippen LogP contribution in [0.1, 0.15) is 16.0 Å². The number of hydrogen-bond acceptors (Lipinski definition) is 4. The molecule has 2 aromatic rings. The van der Waals surface area contributed by atoms with Gasteiger partial charge in [0.1, 0.15) is 0 Å². The molecule has 2 rings (SSSR count). The van der Waals surface area contributed by atoms with Crippen LogP contribution in [0.15, 0.2) is 34.5 Å². The number of thiophene rings is 1. The number of sulfonamides is 1. The molecule has 0 spiro atoms. The van der Waals surface area contributed by atoms with Gasteiger partial charge >= 0.3 is 0 Å². The molecule has 0 unspecified atom stereocenters. The third kappa shape index (κ3) is 2.72. The minimum absolute atomic E-state index is 0.145. The molecule has 0 aliphatic rings. The van der Waals surface area contributed by atoms with E-state index in [2.05, 4.69) is 0 Å². The van der Waals surface area contributed by atoms with E-state index in [0.29, 0.717) is 10.6 Å². The highest BCUT2D eigenvalue weighted by atomic mass is 32.2. The summed E-state index contributed by atoms with van der Waals surface area (Å²) in [6.45, 7) is 3.71. The lowest BCUT2D eigenvalue weighted by molar-refractivity contribution is 0.285. The highest BCUT2D eigenvalue weighted by Crippen LogP contribution is 2.28. The maximum atomic E-state index is 12.5. The molecule has 0 aliphatic carbocycles. The zero-order chi connectivity index (χ0) is 14.9. The van der Waals surface area contributed by atoms with Crippen LogP contribution in [0, 0.1) is 13.8 Å². The van der Waals surface area contributed by atoms with Gasteiger partial charge in [0.2, 0.25) is 0 Å². The Morgan fingerprint density at radius 2 is 1.95 bits per heavy atom. The van der Waals surface area contributed by atoms with E-state index in [-0.39, 0.29) is 11.5 Å². The predicted octanol–water partition coefficient (Wildman–Crippen LogP) is 2.68. The molecular weight excluding hydrogens is 294 g/mol. The minimum Gasteiger partial charge on any atom is -0.391 e. The van der Waals surface area contributed by atoms with Crippen LogP contribution >= 0.6 is 11.3 Å². The third-order valence-corrected chi connectivity index (χ3v) is 5.96. The first kappa shape index (κ1) is 15.0. The average Bonchev–Trinajstić information content (AvgIpc) is 2.87. The van der Waals surface area contributed by atoms with Crippen LogP contribution in [-0.4, -0.2) is 20.6 Å². The smallest absolute Gasteiger partial charge is 0.264 e. The summed E-state index contributed by atoms with van der Waals surface area (Å²) in [5.74, 6) is 0. The normalized spacial score (nSPS) is 11.6. The number of hydrogen-bond donors (Lipinski definition) is 1. The zero-order valence-corrected chi connectivity index (χ0v) is 13.3. The molecule has 0 amide bonds. The second-order valence-corrected chi connectivity index (χ2v) is 7.63. The quantitative estimate of drug-likeness (QED) is 0.944. The molecule has 1 heterocycles. The molecule has 0 aliphatic heterocycles. The van der Waals surface area contributed by atoms with Crippen LogP contribution in [0.25, 0.3) is 0 Å². The second kappa shape index (κ2) is 5.55. The highest BCUT2D eigenvalue weighted by Gasteiger charge is 2.23. The average molecular weight is 311 g/mol.